The molecule has 0 spiro atoms. The van der Waals surface area contributed by atoms with Crippen molar-refractivity contribution < 1.29 is 14.3 Å². The first-order valence-electron chi connectivity index (χ1n) is 11.0. The number of thioether (sulfide) groups is 1. The van der Waals surface area contributed by atoms with Gasteiger partial charge in [0.05, 0.1) is 6.54 Å². The van der Waals surface area contributed by atoms with Crippen LogP contribution in [0.4, 0.5) is 0 Å². The Morgan fingerprint density at radius 3 is 2.33 bits per heavy atom. The molecule has 2 aromatic rings. The van der Waals surface area contributed by atoms with Crippen molar-refractivity contribution in [3.05, 3.63) is 83.1 Å². The van der Waals surface area contributed by atoms with Crippen LogP contribution in [0.15, 0.2) is 76.9 Å². The largest absolute Gasteiger partial charge is 0.448 e. The number of fused-ring (bicyclic) bond motifs is 1. The first-order valence-corrected chi connectivity index (χ1v) is 12.1. The number of hydrogen-bond acceptors (Lipinski definition) is 7. The Kier molecular flexibility index (Phi) is 5.85. The van der Waals surface area contributed by atoms with E-state index in [1.165, 1.54) is 0 Å². The van der Waals surface area contributed by atoms with Gasteiger partial charge < -0.3 is 15.0 Å². The number of nitrogens with one attached hydrogen (secondary N) is 1. The highest BCUT2D eigenvalue weighted by Crippen LogP contribution is 2.41. The monoisotopic (exact) mass is 462 g/mol. The maximum absolute atomic E-state index is 13.5. The predicted molar refractivity (Wildman–Crippen MR) is 128 cm³/mol. The number of rotatable bonds is 5. The molecule has 0 aromatic heterocycles. The Morgan fingerprint density at radius 1 is 1.12 bits per heavy atom. The molecule has 1 fully saturated rings. The van der Waals surface area contributed by atoms with E-state index in [9.17, 15) is 9.59 Å². The lowest BCUT2D eigenvalue weighted by Gasteiger charge is -2.50. The number of carbonyl (C=O) groups excluding carboxylic acids is 2. The smallest absolute Gasteiger partial charge is 0.356 e. The van der Waals surface area contributed by atoms with Crippen LogP contribution in [-0.2, 0) is 14.3 Å². The SMILES string of the molecule is CC1=C(C(=O)OC(c2ccccc2)c2ccccc2)N2C(=O)[C@@H](NC3=NCCN3C)C2SC1. The average molecular weight is 463 g/mol. The van der Waals surface area contributed by atoms with E-state index in [0.29, 0.717) is 11.4 Å². The summed E-state index contributed by atoms with van der Waals surface area (Å²) in [7, 11) is 1.95. The lowest BCUT2D eigenvalue weighted by Crippen LogP contribution is -2.71. The van der Waals surface area contributed by atoms with Crippen LogP contribution in [0, 0.1) is 0 Å². The molecule has 0 saturated carbocycles. The summed E-state index contributed by atoms with van der Waals surface area (Å²) in [5, 5.41) is 3.11. The molecule has 3 aliphatic rings. The number of esters is 1. The van der Waals surface area contributed by atoms with Gasteiger partial charge >= 0.3 is 5.97 Å². The van der Waals surface area contributed by atoms with Crippen molar-refractivity contribution in [2.24, 2.45) is 4.99 Å². The summed E-state index contributed by atoms with van der Waals surface area (Å²) in [5.74, 6) is 0.799. The maximum atomic E-state index is 13.5. The van der Waals surface area contributed by atoms with Crippen molar-refractivity contribution in [3.8, 4) is 0 Å². The Hall–Kier alpha value is -3.26. The summed E-state index contributed by atoms with van der Waals surface area (Å²) in [6.07, 6.45) is -0.556. The topological polar surface area (TPSA) is 74.2 Å². The normalized spacial score (nSPS) is 22.2. The first-order chi connectivity index (χ1) is 16.0. The second kappa shape index (κ2) is 8.94. The zero-order valence-electron chi connectivity index (χ0n) is 18.6. The van der Waals surface area contributed by atoms with Crippen molar-refractivity contribution >= 4 is 29.6 Å². The summed E-state index contributed by atoms with van der Waals surface area (Å²) < 4.78 is 6.07. The second-order valence-corrected chi connectivity index (χ2v) is 9.50. The van der Waals surface area contributed by atoms with Crippen LogP contribution in [0.1, 0.15) is 24.2 Å². The van der Waals surface area contributed by atoms with E-state index >= 15 is 0 Å². The van der Waals surface area contributed by atoms with Gasteiger partial charge in [0.2, 0.25) is 0 Å². The maximum Gasteiger partial charge on any atom is 0.356 e. The van der Waals surface area contributed by atoms with Gasteiger partial charge in [0.15, 0.2) is 12.1 Å². The Bertz CT molecular complexity index is 1080. The molecule has 2 aromatic carbocycles. The molecule has 8 heteroatoms. The summed E-state index contributed by atoms with van der Waals surface area (Å²) in [5.41, 5.74) is 2.98. The van der Waals surface area contributed by atoms with E-state index in [4.69, 9.17) is 4.74 Å². The number of likely N-dealkylation sites (N-methyl/N-ethyl adjacent to an activating group) is 1. The highest BCUT2D eigenvalue weighted by Gasteiger charge is 2.54. The van der Waals surface area contributed by atoms with Crippen LogP contribution in [-0.4, -0.2) is 64.9 Å². The van der Waals surface area contributed by atoms with Gasteiger partial charge in [-0.25, -0.2) is 4.79 Å². The molecule has 1 N–H and O–H groups in total. The summed E-state index contributed by atoms with van der Waals surface area (Å²) in [6.45, 7) is 3.45. The standard InChI is InChI=1S/C25H26N4O3S/c1-16-15-33-23-19(27-25-26-13-14-28(25)2)22(30)29(23)20(16)24(31)32-21(17-9-5-3-6-10-17)18-11-7-4-8-12-18/h3-12,19,21,23H,13-15H2,1-2H3,(H,26,27)/t19-,23?/m1/s1. The summed E-state index contributed by atoms with van der Waals surface area (Å²) in [4.78, 5) is 34.6. The Morgan fingerprint density at radius 2 is 1.76 bits per heavy atom. The van der Waals surface area contributed by atoms with Gasteiger partial charge in [-0.2, -0.15) is 0 Å². The third-order valence-corrected chi connectivity index (χ3v) is 7.55. The van der Waals surface area contributed by atoms with Crippen LogP contribution in [0.5, 0.6) is 0 Å². The minimum Gasteiger partial charge on any atom is -0.448 e. The number of carbonyl (C=O) groups is 2. The molecule has 0 radical (unpaired) electrons. The molecule has 3 heterocycles. The highest BCUT2D eigenvalue weighted by atomic mass is 32.2. The molecule has 0 aliphatic carbocycles. The van der Waals surface area contributed by atoms with Crippen molar-refractivity contribution in [2.75, 3.05) is 25.9 Å². The van der Waals surface area contributed by atoms with Gasteiger partial charge in [0.1, 0.15) is 17.1 Å². The average Bonchev–Trinajstić information content (AvgIpc) is 3.26. The number of aliphatic imine (C=N–C) groups is 1. The third kappa shape index (κ3) is 3.99. The highest BCUT2D eigenvalue weighted by molar-refractivity contribution is 8.00. The minimum atomic E-state index is -0.556. The number of nitrogens with zero attached hydrogens (tertiary/aromatic N) is 3. The van der Waals surface area contributed by atoms with Crippen LogP contribution in [0.25, 0.3) is 0 Å². The van der Waals surface area contributed by atoms with Gasteiger partial charge in [0, 0.05) is 19.3 Å². The molecule has 2 atom stereocenters. The van der Waals surface area contributed by atoms with Gasteiger partial charge in [-0.1, -0.05) is 60.7 Å². The molecule has 1 saturated heterocycles. The van der Waals surface area contributed by atoms with Crippen molar-refractivity contribution in [2.45, 2.75) is 24.4 Å². The van der Waals surface area contributed by atoms with Gasteiger partial charge in [-0.3, -0.25) is 14.7 Å². The van der Waals surface area contributed by atoms with Gasteiger partial charge in [-0.15, -0.1) is 11.8 Å². The van der Waals surface area contributed by atoms with Gasteiger partial charge in [-0.05, 0) is 23.6 Å². The molecular formula is C25H26N4O3S. The second-order valence-electron chi connectivity index (χ2n) is 8.39. The molecule has 1 amide bonds. The minimum absolute atomic E-state index is 0.127. The van der Waals surface area contributed by atoms with Crippen molar-refractivity contribution in [3.63, 3.8) is 0 Å². The Balaban J connectivity index is 1.38. The molecule has 1 unspecified atom stereocenters. The predicted octanol–water partition coefficient (Wildman–Crippen LogP) is 2.77. The van der Waals surface area contributed by atoms with E-state index in [1.807, 2.05) is 79.5 Å². The first kappa shape index (κ1) is 21.6. The molecule has 3 aliphatic heterocycles. The van der Waals surface area contributed by atoms with E-state index in [1.54, 1.807) is 16.7 Å². The van der Waals surface area contributed by atoms with E-state index in [0.717, 1.165) is 35.7 Å². The zero-order chi connectivity index (χ0) is 22.9. The fourth-order valence-electron chi connectivity index (χ4n) is 4.34. The zero-order valence-corrected chi connectivity index (χ0v) is 19.4. The fraction of sp³-hybridized carbons (Fsp3) is 0.320. The molecule has 5 rings (SSSR count). The lowest BCUT2D eigenvalue weighted by molar-refractivity contribution is -0.153. The molecule has 170 valence electrons. The quantitative estimate of drug-likeness (QED) is 0.544. The van der Waals surface area contributed by atoms with Crippen LogP contribution in [0.3, 0.4) is 0 Å². The third-order valence-electron chi connectivity index (χ3n) is 6.12. The van der Waals surface area contributed by atoms with Gasteiger partial charge in [0.25, 0.3) is 5.91 Å². The van der Waals surface area contributed by atoms with E-state index < -0.39 is 18.1 Å². The van der Waals surface area contributed by atoms with Crippen LogP contribution < -0.4 is 5.32 Å². The number of guanidine groups is 1. The van der Waals surface area contributed by atoms with E-state index in [-0.39, 0.29) is 11.3 Å². The number of hydrogen-bond donors (Lipinski definition) is 1. The molecule has 7 nitrogen and oxygen atoms in total. The molecule has 33 heavy (non-hydrogen) atoms. The fourth-order valence-corrected chi connectivity index (χ4v) is 5.63. The van der Waals surface area contributed by atoms with Crippen LogP contribution >= 0.6 is 11.8 Å². The van der Waals surface area contributed by atoms with E-state index in [2.05, 4.69) is 10.3 Å². The Labute approximate surface area is 197 Å². The molecular weight excluding hydrogens is 436 g/mol. The number of benzene rings is 2. The van der Waals surface area contributed by atoms with Crippen LogP contribution in [0.2, 0.25) is 0 Å². The summed E-state index contributed by atoms with van der Waals surface area (Å²) >= 11 is 1.65. The number of ether oxygens (including phenoxy) is 1. The number of β-lactam (4-membered cyclic amide) rings is 1. The number of amides is 1. The van der Waals surface area contributed by atoms with Crippen molar-refractivity contribution in [1.82, 2.24) is 15.1 Å². The lowest BCUT2D eigenvalue weighted by atomic mass is 10.0. The summed E-state index contributed by atoms with van der Waals surface area (Å²) in [6, 6.07) is 18.9. The van der Waals surface area contributed by atoms with Crippen molar-refractivity contribution in [1.29, 1.82) is 0 Å². The molecule has 0 bridgehead atoms.